The lowest BCUT2D eigenvalue weighted by Gasteiger charge is -2.13. The Labute approximate surface area is 97.2 Å². The minimum atomic E-state index is 0.0238. The Kier molecular flexibility index (Phi) is 4.99. The molecule has 1 aromatic carbocycles. The Balaban J connectivity index is 2.36. The van der Waals surface area contributed by atoms with Gasteiger partial charge >= 0.3 is 0 Å². The summed E-state index contributed by atoms with van der Waals surface area (Å²) >= 11 is 0. The van der Waals surface area contributed by atoms with Gasteiger partial charge < -0.3 is 10.6 Å². The van der Waals surface area contributed by atoms with Gasteiger partial charge in [0.25, 0.3) is 0 Å². The van der Waals surface area contributed by atoms with Crippen molar-refractivity contribution in [2.24, 2.45) is 0 Å². The smallest absolute Gasteiger partial charge is 0.233 e. The molecule has 0 fully saturated rings. The van der Waals surface area contributed by atoms with E-state index in [0.29, 0.717) is 12.6 Å². The van der Waals surface area contributed by atoms with Crippen LogP contribution < -0.4 is 10.6 Å². The fraction of sp³-hybridized carbons (Fsp3) is 0.462. The fourth-order valence-electron chi connectivity index (χ4n) is 1.51. The number of likely N-dealkylation sites (N-methyl/N-ethyl adjacent to an activating group) is 1. The molecule has 3 nitrogen and oxygen atoms in total. The number of hydrogen-bond acceptors (Lipinski definition) is 2. The quantitative estimate of drug-likeness (QED) is 0.784. The van der Waals surface area contributed by atoms with E-state index < -0.39 is 0 Å². The van der Waals surface area contributed by atoms with Gasteiger partial charge in [-0.15, -0.1) is 0 Å². The van der Waals surface area contributed by atoms with Crippen LogP contribution in [0.15, 0.2) is 24.3 Å². The van der Waals surface area contributed by atoms with E-state index in [0.717, 1.165) is 6.42 Å². The number of carbonyl (C=O) groups excluding carboxylic acids is 1. The summed E-state index contributed by atoms with van der Waals surface area (Å²) in [6, 6.07) is 8.79. The van der Waals surface area contributed by atoms with Gasteiger partial charge in [-0.2, -0.15) is 0 Å². The first-order valence-electron chi connectivity index (χ1n) is 5.61. The van der Waals surface area contributed by atoms with Gasteiger partial charge in [-0.05, 0) is 25.8 Å². The van der Waals surface area contributed by atoms with E-state index in [4.69, 9.17) is 0 Å². The predicted octanol–water partition coefficient (Wildman–Crippen LogP) is 1.26. The van der Waals surface area contributed by atoms with Crippen LogP contribution in [0.3, 0.4) is 0 Å². The molecule has 1 rings (SSSR count). The van der Waals surface area contributed by atoms with Crippen molar-refractivity contribution in [2.75, 3.05) is 13.6 Å². The third kappa shape index (κ3) is 4.45. The average Bonchev–Trinajstić information content (AvgIpc) is 2.29. The molecule has 0 aliphatic rings. The second-order valence-electron chi connectivity index (χ2n) is 4.14. The molecule has 0 saturated carbocycles. The summed E-state index contributed by atoms with van der Waals surface area (Å²) in [7, 11) is 1.65. The van der Waals surface area contributed by atoms with Crippen molar-refractivity contribution in [2.45, 2.75) is 26.3 Å². The molecule has 0 heterocycles. The molecule has 0 bridgehead atoms. The highest BCUT2D eigenvalue weighted by Crippen LogP contribution is 2.05. The highest BCUT2D eigenvalue weighted by atomic mass is 16.1. The highest BCUT2D eigenvalue weighted by molar-refractivity contribution is 5.77. The van der Waals surface area contributed by atoms with Crippen LogP contribution in [-0.2, 0) is 11.2 Å². The molecule has 0 radical (unpaired) electrons. The van der Waals surface area contributed by atoms with Crippen molar-refractivity contribution in [3.05, 3.63) is 35.4 Å². The van der Waals surface area contributed by atoms with E-state index in [1.54, 1.807) is 7.05 Å². The zero-order valence-electron chi connectivity index (χ0n) is 10.2. The monoisotopic (exact) mass is 220 g/mol. The van der Waals surface area contributed by atoms with Crippen LogP contribution in [0.25, 0.3) is 0 Å². The Morgan fingerprint density at radius 3 is 2.50 bits per heavy atom. The molecule has 0 aliphatic carbocycles. The van der Waals surface area contributed by atoms with Crippen molar-refractivity contribution >= 4 is 5.91 Å². The van der Waals surface area contributed by atoms with E-state index in [1.807, 2.05) is 0 Å². The Bertz CT molecular complexity index is 332. The van der Waals surface area contributed by atoms with Gasteiger partial charge in [-0.1, -0.05) is 29.8 Å². The normalized spacial score (nSPS) is 12.2. The maximum atomic E-state index is 11.0. The first-order valence-corrected chi connectivity index (χ1v) is 5.61. The first-order chi connectivity index (χ1) is 7.61. The molecule has 2 N–H and O–H groups in total. The second-order valence-corrected chi connectivity index (χ2v) is 4.14. The molecular weight excluding hydrogens is 200 g/mol. The molecular formula is C13H20N2O. The lowest BCUT2D eigenvalue weighted by molar-refractivity contribution is -0.119. The molecule has 0 spiro atoms. The minimum Gasteiger partial charge on any atom is -0.358 e. The topological polar surface area (TPSA) is 41.1 Å². The van der Waals surface area contributed by atoms with Gasteiger partial charge in [-0.25, -0.2) is 0 Å². The number of hydrogen-bond donors (Lipinski definition) is 2. The van der Waals surface area contributed by atoms with Gasteiger partial charge in [0.1, 0.15) is 0 Å². The summed E-state index contributed by atoms with van der Waals surface area (Å²) in [4.78, 5) is 11.0. The SMILES string of the molecule is CNC(=O)CNC(C)Cc1ccc(C)cc1. The number of rotatable bonds is 5. The standard InChI is InChI=1S/C13H20N2O/c1-10-4-6-12(7-5-10)8-11(2)15-9-13(16)14-3/h4-7,11,15H,8-9H2,1-3H3,(H,14,16). The van der Waals surface area contributed by atoms with Gasteiger partial charge in [0.2, 0.25) is 5.91 Å². The van der Waals surface area contributed by atoms with Crippen molar-refractivity contribution in [3.8, 4) is 0 Å². The number of amides is 1. The third-order valence-electron chi connectivity index (χ3n) is 2.55. The maximum absolute atomic E-state index is 11.0. The molecule has 1 aromatic rings. The van der Waals surface area contributed by atoms with Gasteiger partial charge in [0, 0.05) is 13.1 Å². The highest BCUT2D eigenvalue weighted by Gasteiger charge is 2.04. The van der Waals surface area contributed by atoms with Crippen LogP contribution in [0.2, 0.25) is 0 Å². The minimum absolute atomic E-state index is 0.0238. The largest absolute Gasteiger partial charge is 0.358 e. The van der Waals surface area contributed by atoms with Gasteiger partial charge in [0.05, 0.1) is 6.54 Å². The zero-order valence-corrected chi connectivity index (χ0v) is 10.2. The van der Waals surface area contributed by atoms with Crippen molar-refractivity contribution in [1.29, 1.82) is 0 Å². The van der Waals surface area contributed by atoms with Crippen molar-refractivity contribution in [3.63, 3.8) is 0 Å². The van der Waals surface area contributed by atoms with E-state index in [1.165, 1.54) is 11.1 Å². The summed E-state index contributed by atoms with van der Waals surface area (Å²) < 4.78 is 0. The first kappa shape index (κ1) is 12.7. The van der Waals surface area contributed by atoms with Gasteiger partial charge in [0.15, 0.2) is 0 Å². The second kappa shape index (κ2) is 6.28. The van der Waals surface area contributed by atoms with E-state index in [9.17, 15) is 4.79 Å². The summed E-state index contributed by atoms with van der Waals surface area (Å²) in [5.74, 6) is 0.0238. The molecule has 16 heavy (non-hydrogen) atoms. The summed E-state index contributed by atoms with van der Waals surface area (Å²) in [5.41, 5.74) is 2.57. The number of aryl methyl sites for hydroxylation is 1. The zero-order chi connectivity index (χ0) is 12.0. The van der Waals surface area contributed by atoms with Crippen LogP contribution in [0, 0.1) is 6.92 Å². The molecule has 1 amide bonds. The predicted molar refractivity (Wildman–Crippen MR) is 66.4 cm³/mol. The van der Waals surface area contributed by atoms with Crippen LogP contribution >= 0.6 is 0 Å². The van der Waals surface area contributed by atoms with Crippen LogP contribution in [0.5, 0.6) is 0 Å². The molecule has 0 aromatic heterocycles. The third-order valence-corrected chi connectivity index (χ3v) is 2.55. The van der Waals surface area contributed by atoms with Crippen molar-refractivity contribution in [1.82, 2.24) is 10.6 Å². The fourth-order valence-corrected chi connectivity index (χ4v) is 1.51. The Hall–Kier alpha value is -1.35. The lowest BCUT2D eigenvalue weighted by Crippen LogP contribution is -2.37. The van der Waals surface area contributed by atoms with Crippen LogP contribution in [0.1, 0.15) is 18.1 Å². The molecule has 1 unspecified atom stereocenters. The molecule has 88 valence electrons. The number of nitrogens with one attached hydrogen (secondary N) is 2. The molecule has 3 heteroatoms. The van der Waals surface area contributed by atoms with Crippen LogP contribution in [0.4, 0.5) is 0 Å². The summed E-state index contributed by atoms with van der Waals surface area (Å²) in [5, 5.41) is 5.77. The maximum Gasteiger partial charge on any atom is 0.233 e. The number of benzene rings is 1. The Morgan fingerprint density at radius 1 is 1.31 bits per heavy atom. The summed E-state index contributed by atoms with van der Waals surface area (Å²) in [6.07, 6.45) is 0.942. The average molecular weight is 220 g/mol. The van der Waals surface area contributed by atoms with E-state index in [2.05, 4.69) is 48.7 Å². The van der Waals surface area contributed by atoms with Gasteiger partial charge in [-0.3, -0.25) is 4.79 Å². The number of carbonyl (C=O) groups is 1. The van der Waals surface area contributed by atoms with E-state index >= 15 is 0 Å². The summed E-state index contributed by atoms with van der Waals surface area (Å²) in [6.45, 7) is 4.55. The molecule has 0 aliphatic heterocycles. The Morgan fingerprint density at radius 2 is 1.94 bits per heavy atom. The van der Waals surface area contributed by atoms with E-state index in [-0.39, 0.29) is 5.91 Å². The lowest BCUT2D eigenvalue weighted by atomic mass is 10.1. The molecule has 0 saturated heterocycles. The molecule has 1 atom stereocenters. The van der Waals surface area contributed by atoms with Crippen molar-refractivity contribution < 1.29 is 4.79 Å². The van der Waals surface area contributed by atoms with Crippen LogP contribution in [-0.4, -0.2) is 25.5 Å².